The maximum Gasteiger partial charge on any atom is 0.367 e. The molecule has 1 atom stereocenters. The van der Waals surface area contributed by atoms with Crippen LogP contribution in [-0.2, 0) is 11.3 Å². The van der Waals surface area contributed by atoms with Gasteiger partial charge in [0.1, 0.15) is 0 Å². The fraction of sp³-hybridized carbons (Fsp3) is 0.375. The molecule has 1 heterocycles. The van der Waals surface area contributed by atoms with Crippen LogP contribution in [0.5, 0.6) is 0 Å². The zero-order valence-electron chi connectivity index (χ0n) is 13.8. The summed E-state index contributed by atoms with van der Waals surface area (Å²) in [6, 6.07) is 6.56. The first kappa shape index (κ1) is 18.0. The molecule has 1 aromatic carbocycles. The van der Waals surface area contributed by atoms with Crippen LogP contribution < -0.4 is 0 Å². The van der Waals surface area contributed by atoms with E-state index in [1.165, 1.54) is 17.4 Å². The first-order valence-corrected chi connectivity index (χ1v) is 8.36. The van der Waals surface area contributed by atoms with Gasteiger partial charge in [0.05, 0.1) is 17.2 Å². The molecule has 128 valence electrons. The fourth-order valence-corrected chi connectivity index (χ4v) is 2.91. The molecule has 0 aliphatic heterocycles. The monoisotopic (exact) mass is 349 g/mol. The lowest BCUT2D eigenvalue weighted by Crippen LogP contribution is -2.22. The number of ether oxygens (including phenoxy) is 1. The zero-order valence-corrected chi connectivity index (χ0v) is 14.6. The SMILES string of the molecule is CCOC(=O)c1nc(CN(C)C(C)c2cccc([N+](=O)[O-])c2)cs1. The summed E-state index contributed by atoms with van der Waals surface area (Å²) in [7, 11) is 1.91. The Kier molecular flexibility index (Phi) is 5.99. The van der Waals surface area contributed by atoms with E-state index in [4.69, 9.17) is 4.74 Å². The zero-order chi connectivity index (χ0) is 17.7. The topological polar surface area (TPSA) is 85.6 Å². The van der Waals surface area contributed by atoms with E-state index in [9.17, 15) is 14.9 Å². The van der Waals surface area contributed by atoms with Crippen LogP contribution in [0, 0.1) is 10.1 Å². The number of rotatable bonds is 7. The Balaban J connectivity index is 2.06. The number of nitrogens with zero attached hydrogens (tertiary/aromatic N) is 3. The molecule has 1 aromatic heterocycles. The van der Waals surface area contributed by atoms with Gasteiger partial charge in [-0.1, -0.05) is 12.1 Å². The number of nitro groups is 1. The molecule has 0 bridgehead atoms. The third-order valence-electron chi connectivity index (χ3n) is 3.64. The summed E-state index contributed by atoms with van der Waals surface area (Å²) in [5.41, 5.74) is 1.70. The number of hydrogen-bond acceptors (Lipinski definition) is 7. The standard InChI is InChI=1S/C16H19N3O4S/c1-4-23-16(20)15-17-13(10-24-15)9-18(3)11(2)12-6-5-7-14(8-12)19(21)22/h5-8,10-11H,4,9H2,1-3H3. The van der Waals surface area contributed by atoms with Crippen LogP contribution in [0.3, 0.4) is 0 Å². The second kappa shape index (κ2) is 7.98. The Bertz CT molecular complexity index is 732. The van der Waals surface area contributed by atoms with Gasteiger partial charge < -0.3 is 4.74 Å². The maximum atomic E-state index is 11.6. The van der Waals surface area contributed by atoms with Crippen molar-refractivity contribution in [3.8, 4) is 0 Å². The van der Waals surface area contributed by atoms with E-state index >= 15 is 0 Å². The molecule has 0 fully saturated rings. The van der Waals surface area contributed by atoms with Gasteiger partial charge in [-0.25, -0.2) is 9.78 Å². The van der Waals surface area contributed by atoms with Crippen LogP contribution in [0.4, 0.5) is 5.69 Å². The minimum atomic E-state index is -0.414. The van der Waals surface area contributed by atoms with Gasteiger partial charge in [0.15, 0.2) is 0 Å². The highest BCUT2D eigenvalue weighted by atomic mass is 32.1. The first-order chi connectivity index (χ1) is 11.4. The summed E-state index contributed by atoms with van der Waals surface area (Å²) in [5, 5.41) is 13.1. The number of aromatic nitrogens is 1. The van der Waals surface area contributed by atoms with Crippen LogP contribution in [0.2, 0.25) is 0 Å². The Morgan fingerprint density at radius 1 is 1.50 bits per heavy atom. The smallest absolute Gasteiger partial charge is 0.367 e. The van der Waals surface area contributed by atoms with Crippen molar-refractivity contribution in [3.63, 3.8) is 0 Å². The van der Waals surface area contributed by atoms with Crippen molar-refractivity contribution in [1.82, 2.24) is 9.88 Å². The minimum Gasteiger partial charge on any atom is -0.461 e. The first-order valence-electron chi connectivity index (χ1n) is 7.48. The number of hydrogen-bond donors (Lipinski definition) is 0. The fourth-order valence-electron chi connectivity index (χ4n) is 2.21. The van der Waals surface area contributed by atoms with Crippen LogP contribution in [-0.4, -0.2) is 34.4 Å². The molecule has 2 rings (SSSR count). The lowest BCUT2D eigenvalue weighted by molar-refractivity contribution is -0.384. The third kappa shape index (κ3) is 4.36. The lowest BCUT2D eigenvalue weighted by atomic mass is 10.1. The van der Waals surface area contributed by atoms with E-state index in [0.29, 0.717) is 18.2 Å². The van der Waals surface area contributed by atoms with Crippen molar-refractivity contribution in [2.24, 2.45) is 0 Å². The molecule has 2 aromatic rings. The Hall–Kier alpha value is -2.32. The number of benzene rings is 1. The second-order valence-corrected chi connectivity index (χ2v) is 6.17. The summed E-state index contributed by atoms with van der Waals surface area (Å²) in [4.78, 5) is 28.4. The molecule has 0 N–H and O–H groups in total. The van der Waals surface area contributed by atoms with Gasteiger partial charge in [-0.3, -0.25) is 15.0 Å². The summed E-state index contributed by atoms with van der Waals surface area (Å²) >= 11 is 1.25. The van der Waals surface area contributed by atoms with E-state index in [1.807, 2.05) is 30.3 Å². The van der Waals surface area contributed by atoms with E-state index in [-0.39, 0.29) is 11.7 Å². The molecular weight excluding hydrogens is 330 g/mol. The van der Waals surface area contributed by atoms with Gasteiger partial charge in [-0.2, -0.15) is 0 Å². The number of carbonyl (C=O) groups excluding carboxylic acids is 1. The highest BCUT2D eigenvalue weighted by molar-refractivity contribution is 7.11. The Labute approximate surface area is 144 Å². The predicted molar refractivity (Wildman–Crippen MR) is 91.0 cm³/mol. The van der Waals surface area contributed by atoms with Crippen molar-refractivity contribution in [1.29, 1.82) is 0 Å². The van der Waals surface area contributed by atoms with E-state index in [0.717, 1.165) is 11.3 Å². The molecule has 0 aliphatic rings. The van der Waals surface area contributed by atoms with Crippen LogP contribution in [0.25, 0.3) is 0 Å². The molecule has 0 spiro atoms. The van der Waals surface area contributed by atoms with Crippen molar-refractivity contribution in [2.75, 3.05) is 13.7 Å². The van der Waals surface area contributed by atoms with Crippen molar-refractivity contribution >= 4 is 23.0 Å². The predicted octanol–water partition coefficient (Wildman–Crippen LogP) is 3.42. The van der Waals surface area contributed by atoms with Gasteiger partial charge in [0.25, 0.3) is 5.69 Å². The van der Waals surface area contributed by atoms with Gasteiger partial charge in [0.2, 0.25) is 5.01 Å². The second-order valence-electron chi connectivity index (χ2n) is 5.31. The van der Waals surface area contributed by atoms with Crippen molar-refractivity contribution in [3.05, 3.63) is 56.0 Å². The summed E-state index contributed by atoms with van der Waals surface area (Å²) in [5.74, 6) is -0.414. The average Bonchev–Trinajstić information content (AvgIpc) is 3.03. The highest BCUT2D eigenvalue weighted by Crippen LogP contribution is 2.24. The summed E-state index contributed by atoms with van der Waals surface area (Å²) in [6.07, 6.45) is 0. The minimum absolute atomic E-state index is 0.0300. The molecule has 0 aliphatic carbocycles. The number of non-ortho nitro benzene ring substituents is 1. The normalized spacial score (nSPS) is 12.2. The molecule has 24 heavy (non-hydrogen) atoms. The molecule has 0 saturated heterocycles. The summed E-state index contributed by atoms with van der Waals surface area (Å²) < 4.78 is 4.93. The molecule has 1 unspecified atom stereocenters. The molecule has 0 amide bonds. The van der Waals surface area contributed by atoms with Gasteiger partial charge in [0, 0.05) is 30.1 Å². The molecule has 8 heteroatoms. The van der Waals surface area contributed by atoms with Gasteiger partial charge in [-0.05, 0) is 26.5 Å². The highest BCUT2D eigenvalue weighted by Gasteiger charge is 2.18. The van der Waals surface area contributed by atoms with Gasteiger partial charge >= 0.3 is 5.97 Å². The molecule has 0 saturated carbocycles. The Morgan fingerprint density at radius 2 is 2.25 bits per heavy atom. The number of esters is 1. The van der Waals surface area contributed by atoms with E-state index < -0.39 is 10.9 Å². The van der Waals surface area contributed by atoms with Crippen molar-refractivity contribution < 1.29 is 14.5 Å². The molecule has 7 nitrogen and oxygen atoms in total. The van der Waals surface area contributed by atoms with E-state index in [2.05, 4.69) is 4.98 Å². The van der Waals surface area contributed by atoms with Crippen LogP contribution in [0.1, 0.15) is 40.9 Å². The maximum absolute atomic E-state index is 11.6. The van der Waals surface area contributed by atoms with Crippen molar-refractivity contribution in [2.45, 2.75) is 26.4 Å². The quantitative estimate of drug-likeness (QED) is 0.432. The number of carbonyl (C=O) groups is 1. The Morgan fingerprint density at radius 3 is 2.92 bits per heavy atom. The van der Waals surface area contributed by atoms with E-state index in [1.54, 1.807) is 19.1 Å². The lowest BCUT2D eigenvalue weighted by Gasteiger charge is -2.24. The average molecular weight is 349 g/mol. The largest absolute Gasteiger partial charge is 0.461 e. The number of nitro benzene ring substituents is 1. The third-order valence-corrected chi connectivity index (χ3v) is 4.51. The number of thiazole rings is 1. The summed E-state index contributed by atoms with van der Waals surface area (Å²) in [6.45, 7) is 4.57. The van der Waals surface area contributed by atoms with Crippen LogP contribution >= 0.6 is 11.3 Å². The van der Waals surface area contributed by atoms with Gasteiger partial charge in [-0.15, -0.1) is 11.3 Å². The molecular formula is C16H19N3O4S. The van der Waals surface area contributed by atoms with Crippen LogP contribution in [0.15, 0.2) is 29.6 Å². The molecule has 0 radical (unpaired) electrons.